The number of para-hydroxylation sites is 2. The number of aromatic nitrogens is 4. The summed E-state index contributed by atoms with van der Waals surface area (Å²) in [7, 11) is 1.94. The first-order valence-corrected chi connectivity index (χ1v) is 7.76. The second-order valence-corrected chi connectivity index (χ2v) is 5.83. The Morgan fingerprint density at radius 3 is 2.96 bits per heavy atom. The number of fused-ring (bicyclic) bond motifs is 2. The van der Waals surface area contributed by atoms with E-state index >= 15 is 0 Å². The van der Waals surface area contributed by atoms with Gasteiger partial charge in [0.15, 0.2) is 0 Å². The van der Waals surface area contributed by atoms with Crippen molar-refractivity contribution in [3.05, 3.63) is 53.6 Å². The van der Waals surface area contributed by atoms with E-state index in [9.17, 15) is 4.79 Å². The van der Waals surface area contributed by atoms with Gasteiger partial charge >= 0.3 is 0 Å². The largest absolute Gasteiger partial charge is 0.344 e. The van der Waals surface area contributed by atoms with E-state index in [2.05, 4.69) is 20.4 Å². The Bertz CT molecular complexity index is 886. The zero-order valence-corrected chi connectivity index (χ0v) is 12.9. The predicted molar refractivity (Wildman–Crippen MR) is 85.9 cm³/mol. The number of nitrogens with one attached hydrogen (secondary N) is 1. The summed E-state index contributed by atoms with van der Waals surface area (Å²) in [5.41, 5.74) is 4.17. The van der Waals surface area contributed by atoms with Crippen molar-refractivity contribution in [3.63, 3.8) is 0 Å². The van der Waals surface area contributed by atoms with Gasteiger partial charge < -0.3 is 5.32 Å². The normalized spacial score (nSPS) is 17.0. The Labute approximate surface area is 133 Å². The van der Waals surface area contributed by atoms with Crippen LogP contribution in [-0.2, 0) is 13.5 Å². The Kier molecular flexibility index (Phi) is 3.29. The minimum atomic E-state index is -0.190. The van der Waals surface area contributed by atoms with E-state index in [-0.39, 0.29) is 11.9 Å². The van der Waals surface area contributed by atoms with Crippen LogP contribution in [0.2, 0.25) is 0 Å². The lowest BCUT2D eigenvalue weighted by Gasteiger charge is -2.23. The Hall–Kier alpha value is -2.76. The van der Waals surface area contributed by atoms with E-state index in [0.717, 1.165) is 35.9 Å². The number of hydrogen-bond acceptors (Lipinski definition) is 4. The highest BCUT2D eigenvalue weighted by atomic mass is 16.1. The first-order chi connectivity index (χ1) is 11.2. The summed E-state index contributed by atoms with van der Waals surface area (Å²) in [6, 6.07) is 7.53. The molecule has 0 spiro atoms. The molecule has 0 aliphatic heterocycles. The van der Waals surface area contributed by atoms with Gasteiger partial charge in [-0.05, 0) is 31.4 Å². The molecular formula is C17H17N5O. The Balaban J connectivity index is 1.60. The quantitative estimate of drug-likeness (QED) is 0.787. The first kappa shape index (κ1) is 13.9. The van der Waals surface area contributed by atoms with Gasteiger partial charge in [-0.25, -0.2) is 4.98 Å². The van der Waals surface area contributed by atoms with Crippen LogP contribution in [0.4, 0.5) is 0 Å². The van der Waals surface area contributed by atoms with E-state index in [1.807, 2.05) is 42.2 Å². The number of benzene rings is 1. The molecule has 0 saturated carbocycles. The van der Waals surface area contributed by atoms with Crippen molar-refractivity contribution in [2.75, 3.05) is 0 Å². The lowest BCUT2D eigenvalue weighted by atomic mass is 9.93. The SMILES string of the molecule is Cn1ncc2c1CCC[C@@H]2NC(=O)c1cnc2ccccc2n1. The molecular weight excluding hydrogens is 290 g/mol. The van der Waals surface area contributed by atoms with Crippen LogP contribution in [0, 0.1) is 0 Å². The first-order valence-electron chi connectivity index (χ1n) is 7.76. The fourth-order valence-electron chi connectivity index (χ4n) is 3.15. The number of nitrogens with zero attached hydrogens (tertiary/aromatic N) is 4. The zero-order valence-electron chi connectivity index (χ0n) is 12.9. The monoisotopic (exact) mass is 307 g/mol. The molecule has 1 atom stereocenters. The van der Waals surface area contributed by atoms with E-state index in [4.69, 9.17) is 0 Å². The van der Waals surface area contributed by atoms with Gasteiger partial charge in [-0.3, -0.25) is 14.5 Å². The predicted octanol–water partition coefficient (Wildman–Crippen LogP) is 2.17. The molecule has 1 aliphatic rings. The van der Waals surface area contributed by atoms with Crippen LogP contribution < -0.4 is 5.32 Å². The van der Waals surface area contributed by atoms with Crippen molar-refractivity contribution in [2.24, 2.45) is 7.05 Å². The average Bonchev–Trinajstić information content (AvgIpc) is 2.97. The van der Waals surface area contributed by atoms with Crippen LogP contribution >= 0.6 is 0 Å². The molecule has 6 heteroatoms. The van der Waals surface area contributed by atoms with Gasteiger partial charge in [0.25, 0.3) is 5.91 Å². The van der Waals surface area contributed by atoms with Crippen LogP contribution in [-0.4, -0.2) is 25.7 Å². The maximum atomic E-state index is 12.5. The number of rotatable bonds is 2. The van der Waals surface area contributed by atoms with Gasteiger partial charge in [0.2, 0.25) is 0 Å². The summed E-state index contributed by atoms with van der Waals surface area (Å²) in [6.45, 7) is 0. The Morgan fingerprint density at radius 2 is 2.09 bits per heavy atom. The maximum absolute atomic E-state index is 12.5. The molecule has 0 saturated heterocycles. The van der Waals surface area contributed by atoms with Crippen molar-refractivity contribution >= 4 is 16.9 Å². The van der Waals surface area contributed by atoms with Gasteiger partial charge in [-0.1, -0.05) is 12.1 Å². The molecule has 1 N–H and O–H groups in total. The molecule has 6 nitrogen and oxygen atoms in total. The number of aryl methyl sites for hydroxylation is 1. The van der Waals surface area contributed by atoms with Crippen molar-refractivity contribution < 1.29 is 4.79 Å². The topological polar surface area (TPSA) is 72.7 Å². The Morgan fingerprint density at radius 1 is 1.26 bits per heavy atom. The summed E-state index contributed by atoms with van der Waals surface area (Å²) in [5, 5.41) is 7.38. The second kappa shape index (κ2) is 5.46. The molecule has 0 bridgehead atoms. The molecule has 0 radical (unpaired) electrons. The molecule has 0 fully saturated rings. The number of amides is 1. The minimum absolute atomic E-state index is 0.00628. The smallest absolute Gasteiger partial charge is 0.271 e. The fraction of sp³-hybridized carbons (Fsp3) is 0.294. The average molecular weight is 307 g/mol. The highest BCUT2D eigenvalue weighted by Gasteiger charge is 2.25. The fourth-order valence-corrected chi connectivity index (χ4v) is 3.15. The molecule has 0 unspecified atom stereocenters. The van der Waals surface area contributed by atoms with Crippen molar-refractivity contribution in [1.82, 2.24) is 25.1 Å². The molecule has 116 valence electrons. The molecule has 1 aromatic carbocycles. The summed E-state index contributed by atoms with van der Waals surface area (Å²) >= 11 is 0. The molecule has 3 aromatic rings. The molecule has 1 amide bonds. The highest BCUT2D eigenvalue weighted by Crippen LogP contribution is 2.29. The lowest BCUT2D eigenvalue weighted by molar-refractivity contribution is 0.0927. The third kappa shape index (κ3) is 2.46. The van der Waals surface area contributed by atoms with Crippen LogP contribution in [0.1, 0.15) is 40.6 Å². The third-order valence-corrected chi connectivity index (χ3v) is 4.36. The van der Waals surface area contributed by atoms with Gasteiger partial charge in [0.05, 0.1) is 29.5 Å². The number of carbonyl (C=O) groups excluding carboxylic acids is 1. The van der Waals surface area contributed by atoms with Gasteiger partial charge in [-0.15, -0.1) is 0 Å². The third-order valence-electron chi connectivity index (χ3n) is 4.36. The van der Waals surface area contributed by atoms with E-state index in [1.54, 1.807) is 0 Å². The van der Waals surface area contributed by atoms with Crippen LogP contribution in [0.3, 0.4) is 0 Å². The highest BCUT2D eigenvalue weighted by molar-refractivity contribution is 5.94. The summed E-state index contributed by atoms with van der Waals surface area (Å²) in [5.74, 6) is -0.190. The number of hydrogen-bond donors (Lipinski definition) is 1. The summed E-state index contributed by atoms with van der Waals surface area (Å²) in [4.78, 5) is 21.2. The summed E-state index contributed by atoms with van der Waals surface area (Å²) < 4.78 is 1.89. The van der Waals surface area contributed by atoms with E-state index in [0.29, 0.717) is 5.69 Å². The maximum Gasteiger partial charge on any atom is 0.271 e. The van der Waals surface area contributed by atoms with Crippen molar-refractivity contribution in [3.8, 4) is 0 Å². The standard InChI is InChI=1S/C17H17N5O/c1-22-16-8-4-7-12(11(16)9-19-22)21-17(23)15-10-18-13-5-2-3-6-14(13)20-15/h2-3,5-6,9-10,12H,4,7-8H2,1H3,(H,21,23)/t12-/m0/s1. The zero-order chi connectivity index (χ0) is 15.8. The molecule has 23 heavy (non-hydrogen) atoms. The molecule has 2 heterocycles. The number of carbonyl (C=O) groups is 1. The molecule has 1 aliphatic carbocycles. The van der Waals surface area contributed by atoms with Gasteiger partial charge in [0.1, 0.15) is 5.69 Å². The minimum Gasteiger partial charge on any atom is -0.344 e. The van der Waals surface area contributed by atoms with Crippen LogP contribution in [0.5, 0.6) is 0 Å². The van der Waals surface area contributed by atoms with E-state index < -0.39 is 0 Å². The van der Waals surface area contributed by atoms with Crippen LogP contribution in [0.25, 0.3) is 11.0 Å². The molecule has 4 rings (SSSR count). The van der Waals surface area contributed by atoms with Gasteiger partial charge in [0, 0.05) is 18.3 Å². The van der Waals surface area contributed by atoms with Crippen molar-refractivity contribution in [1.29, 1.82) is 0 Å². The molecule has 2 aromatic heterocycles. The van der Waals surface area contributed by atoms with Crippen LogP contribution in [0.15, 0.2) is 36.7 Å². The summed E-state index contributed by atoms with van der Waals surface area (Å²) in [6.07, 6.45) is 6.36. The van der Waals surface area contributed by atoms with E-state index in [1.165, 1.54) is 11.9 Å². The van der Waals surface area contributed by atoms with Crippen molar-refractivity contribution in [2.45, 2.75) is 25.3 Å². The van der Waals surface area contributed by atoms with Gasteiger partial charge in [-0.2, -0.15) is 5.10 Å². The lowest BCUT2D eigenvalue weighted by Crippen LogP contribution is -2.31. The second-order valence-electron chi connectivity index (χ2n) is 5.83.